The van der Waals surface area contributed by atoms with Gasteiger partial charge in [-0.15, -0.1) is 0 Å². The summed E-state index contributed by atoms with van der Waals surface area (Å²) in [5, 5.41) is 15.3. The molecule has 0 aliphatic rings. The lowest BCUT2D eigenvalue weighted by Crippen LogP contribution is -2.35. The van der Waals surface area contributed by atoms with Gasteiger partial charge in [0.05, 0.1) is 27.7 Å². The standard InChI is InChI=1S/C6H16NO.CH2O2/c1-7(2,3)5-4-6-8;2-1-3/h8H,4-6H2,1-3H3;1H,(H,2,3)/q+1;. The number of aliphatic hydroxyl groups excluding tert-OH is 1. The number of nitrogens with zero attached hydrogens (tertiary/aromatic N) is 1. The fourth-order valence-electron chi connectivity index (χ4n) is 0.545. The molecule has 0 atom stereocenters. The molecule has 0 saturated carbocycles. The Hall–Kier alpha value is -0.610. The highest BCUT2D eigenvalue weighted by Crippen LogP contribution is 1.90. The Morgan fingerprint density at radius 2 is 1.73 bits per heavy atom. The molecule has 4 heteroatoms. The third kappa shape index (κ3) is 26.6. The smallest absolute Gasteiger partial charge is 0.290 e. The second kappa shape index (κ2) is 7.50. The summed E-state index contributed by atoms with van der Waals surface area (Å²) in [5.41, 5.74) is 0. The lowest BCUT2D eigenvalue weighted by atomic mass is 10.4. The molecule has 0 fully saturated rings. The average molecular weight is 164 g/mol. The monoisotopic (exact) mass is 164 g/mol. The molecule has 0 aliphatic heterocycles. The third-order valence-electron chi connectivity index (χ3n) is 0.987. The Morgan fingerprint density at radius 3 is 1.82 bits per heavy atom. The maximum atomic E-state index is 8.42. The second-order valence-electron chi connectivity index (χ2n) is 3.20. The summed E-state index contributed by atoms with van der Waals surface area (Å²) in [7, 11) is 6.36. The number of rotatable bonds is 3. The zero-order valence-electron chi connectivity index (χ0n) is 7.45. The van der Waals surface area contributed by atoms with Gasteiger partial charge in [-0.25, -0.2) is 0 Å². The van der Waals surface area contributed by atoms with Crippen LogP contribution in [0.25, 0.3) is 0 Å². The number of hydrogen-bond acceptors (Lipinski definition) is 2. The Kier molecular flexibility index (Phi) is 8.87. The van der Waals surface area contributed by atoms with Crippen molar-refractivity contribution in [1.29, 1.82) is 0 Å². The maximum absolute atomic E-state index is 8.42. The van der Waals surface area contributed by atoms with Crippen LogP contribution in [0.2, 0.25) is 0 Å². The summed E-state index contributed by atoms with van der Waals surface area (Å²) in [5.74, 6) is 0. The van der Waals surface area contributed by atoms with Crippen LogP contribution < -0.4 is 0 Å². The summed E-state index contributed by atoms with van der Waals surface area (Å²) in [6, 6.07) is 0. The number of carboxylic acid groups (broad SMARTS) is 1. The molecule has 0 aromatic heterocycles. The van der Waals surface area contributed by atoms with Gasteiger partial charge in [-0.3, -0.25) is 4.79 Å². The largest absolute Gasteiger partial charge is 0.483 e. The molecule has 11 heavy (non-hydrogen) atoms. The van der Waals surface area contributed by atoms with E-state index in [4.69, 9.17) is 15.0 Å². The molecule has 68 valence electrons. The van der Waals surface area contributed by atoms with E-state index in [-0.39, 0.29) is 6.47 Å². The van der Waals surface area contributed by atoms with E-state index in [1.54, 1.807) is 0 Å². The quantitative estimate of drug-likeness (QED) is 0.447. The fourth-order valence-corrected chi connectivity index (χ4v) is 0.545. The lowest BCUT2D eigenvalue weighted by Gasteiger charge is -2.22. The van der Waals surface area contributed by atoms with Gasteiger partial charge in [-0.1, -0.05) is 0 Å². The van der Waals surface area contributed by atoms with Crippen LogP contribution in [-0.4, -0.2) is 55.5 Å². The van der Waals surface area contributed by atoms with Crippen LogP contribution in [0, 0.1) is 0 Å². The van der Waals surface area contributed by atoms with Crippen molar-refractivity contribution in [3.05, 3.63) is 0 Å². The van der Waals surface area contributed by atoms with E-state index in [0.717, 1.165) is 17.4 Å². The lowest BCUT2D eigenvalue weighted by molar-refractivity contribution is -0.870. The van der Waals surface area contributed by atoms with Crippen LogP contribution in [0.1, 0.15) is 6.42 Å². The Balaban J connectivity index is 0. The summed E-state index contributed by atoms with van der Waals surface area (Å²) < 4.78 is 0.945. The van der Waals surface area contributed by atoms with Gasteiger partial charge in [-0.2, -0.15) is 0 Å². The zero-order valence-corrected chi connectivity index (χ0v) is 7.45. The van der Waals surface area contributed by atoms with E-state index >= 15 is 0 Å². The van der Waals surface area contributed by atoms with Gasteiger partial charge in [-0.05, 0) is 0 Å². The molecule has 0 aromatic carbocycles. The highest BCUT2D eigenvalue weighted by atomic mass is 16.3. The van der Waals surface area contributed by atoms with Gasteiger partial charge >= 0.3 is 0 Å². The molecule has 0 bridgehead atoms. The van der Waals surface area contributed by atoms with Crippen molar-refractivity contribution >= 4 is 6.47 Å². The Labute approximate surface area is 67.7 Å². The summed E-state index contributed by atoms with van der Waals surface area (Å²) in [4.78, 5) is 8.36. The first kappa shape index (κ1) is 13.0. The minimum atomic E-state index is -0.250. The molecule has 0 saturated heterocycles. The fraction of sp³-hybridized carbons (Fsp3) is 0.857. The summed E-state index contributed by atoms with van der Waals surface area (Å²) >= 11 is 0. The summed E-state index contributed by atoms with van der Waals surface area (Å²) in [6.07, 6.45) is 0.906. The molecule has 2 N–H and O–H groups in total. The number of aliphatic hydroxyl groups is 1. The second-order valence-corrected chi connectivity index (χ2v) is 3.20. The Bertz CT molecular complexity index is 88.2. The molecule has 0 radical (unpaired) electrons. The molecular weight excluding hydrogens is 146 g/mol. The highest BCUT2D eigenvalue weighted by Gasteiger charge is 2.03. The SMILES string of the molecule is C[N+](C)(C)CCCO.O=CO. The van der Waals surface area contributed by atoms with Gasteiger partial charge in [0, 0.05) is 13.0 Å². The van der Waals surface area contributed by atoms with Gasteiger partial charge in [0.1, 0.15) is 0 Å². The predicted octanol–water partition coefficient (Wildman–Crippen LogP) is -0.224. The van der Waals surface area contributed by atoms with E-state index in [1.807, 2.05) is 0 Å². The first-order valence-electron chi connectivity index (χ1n) is 3.47. The molecule has 0 spiro atoms. The first-order chi connectivity index (χ1) is 4.97. The molecular formula is C7H18NO3+. The number of hydrogen-bond donors (Lipinski definition) is 2. The molecule has 0 heterocycles. The minimum absolute atomic E-state index is 0.250. The Morgan fingerprint density at radius 1 is 1.36 bits per heavy atom. The number of quaternary nitrogens is 1. The van der Waals surface area contributed by atoms with Crippen LogP contribution in [0.5, 0.6) is 0 Å². The highest BCUT2D eigenvalue weighted by molar-refractivity contribution is 5.32. The topological polar surface area (TPSA) is 57.5 Å². The van der Waals surface area contributed by atoms with Crippen molar-refractivity contribution in [2.45, 2.75) is 6.42 Å². The van der Waals surface area contributed by atoms with Crippen LogP contribution in [0.3, 0.4) is 0 Å². The molecule has 0 aliphatic carbocycles. The molecule has 0 rings (SSSR count). The molecule has 0 amide bonds. The normalized spacial score (nSPS) is 9.82. The van der Waals surface area contributed by atoms with Crippen molar-refractivity contribution < 1.29 is 19.5 Å². The third-order valence-corrected chi connectivity index (χ3v) is 0.987. The van der Waals surface area contributed by atoms with E-state index in [1.165, 1.54) is 0 Å². The first-order valence-corrected chi connectivity index (χ1v) is 3.47. The average Bonchev–Trinajstić information content (AvgIpc) is 1.84. The number of carbonyl (C=O) groups is 1. The van der Waals surface area contributed by atoms with Gasteiger partial charge in [0.15, 0.2) is 0 Å². The van der Waals surface area contributed by atoms with Crippen molar-refractivity contribution in [2.24, 2.45) is 0 Å². The molecule has 4 nitrogen and oxygen atoms in total. The van der Waals surface area contributed by atoms with Crippen molar-refractivity contribution in [1.82, 2.24) is 0 Å². The van der Waals surface area contributed by atoms with Crippen molar-refractivity contribution in [3.8, 4) is 0 Å². The minimum Gasteiger partial charge on any atom is -0.483 e. The van der Waals surface area contributed by atoms with Crippen LogP contribution in [0.15, 0.2) is 0 Å². The van der Waals surface area contributed by atoms with Crippen molar-refractivity contribution in [3.63, 3.8) is 0 Å². The van der Waals surface area contributed by atoms with E-state index in [2.05, 4.69) is 21.1 Å². The van der Waals surface area contributed by atoms with Crippen LogP contribution >= 0.6 is 0 Å². The molecule has 0 unspecified atom stereocenters. The van der Waals surface area contributed by atoms with Crippen LogP contribution in [-0.2, 0) is 4.79 Å². The molecule has 0 aromatic rings. The van der Waals surface area contributed by atoms with Crippen LogP contribution in [0.4, 0.5) is 0 Å². The van der Waals surface area contributed by atoms with Gasteiger partial charge in [0.2, 0.25) is 0 Å². The predicted molar refractivity (Wildman–Crippen MR) is 43.3 cm³/mol. The van der Waals surface area contributed by atoms with Crippen molar-refractivity contribution in [2.75, 3.05) is 34.3 Å². The van der Waals surface area contributed by atoms with E-state index in [0.29, 0.717) is 6.61 Å². The maximum Gasteiger partial charge on any atom is 0.290 e. The van der Waals surface area contributed by atoms with Gasteiger partial charge in [0.25, 0.3) is 6.47 Å². The zero-order chi connectivity index (χ0) is 9.33. The van der Waals surface area contributed by atoms with E-state index in [9.17, 15) is 0 Å². The summed E-state index contributed by atoms with van der Waals surface area (Å²) in [6.45, 7) is 1.12. The van der Waals surface area contributed by atoms with E-state index < -0.39 is 0 Å². The van der Waals surface area contributed by atoms with Gasteiger partial charge < -0.3 is 14.7 Å².